The van der Waals surface area contributed by atoms with E-state index in [0.29, 0.717) is 18.9 Å². The summed E-state index contributed by atoms with van der Waals surface area (Å²) in [7, 11) is 0. The van der Waals surface area contributed by atoms with Crippen molar-refractivity contribution in [3.63, 3.8) is 0 Å². The Morgan fingerprint density at radius 3 is 2.76 bits per heavy atom. The Labute approximate surface area is 156 Å². The highest BCUT2D eigenvalue weighted by Gasteiger charge is 2.51. The predicted octanol–water partition coefficient (Wildman–Crippen LogP) is 2.38. The number of halogens is 1. The summed E-state index contributed by atoms with van der Waals surface area (Å²) in [5.74, 6) is 0.431. The third-order valence-corrected chi connectivity index (χ3v) is 6.85. The summed E-state index contributed by atoms with van der Waals surface area (Å²) in [5, 5.41) is 20.8. The monoisotopic (exact) mass is 389 g/mol. The van der Waals surface area contributed by atoms with Crippen LogP contribution in [0.15, 0.2) is 10.5 Å². The Morgan fingerprint density at radius 1 is 1.36 bits per heavy atom. The number of nitrogens with zero attached hydrogens (tertiary/aromatic N) is 5. The number of thiophene rings is 1. The molecule has 6 nitrogen and oxygen atoms in total. The van der Waals surface area contributed by atoms with Crippen LogP contribution in [-0.2, 0) is 23.0 Å². The van der Waals surface area contributed by atoms with E-state index in [1.165, 1.54) is 11.1 Å². The fraction of sp³-hybridized carbons (Fsp3) is 0.375. The van der Waals surface area contributed by atoms with Gasteiger partial charge in [-0.15, -0.1) is 11.3 Å². The number of nitriles is 2. The largest absolute Gasteiger partial charge is 0.609 e. The molecule has 25 heavy (non-hydrogen) atoms. The minimum Gasteiger partial charge on any atom is -0.609 e. The van der Waals surface area contributed by atoms with Crippen LogP contribution in [-0.4, -0.2) is 33.9 Å². The van der Waals surface area contributed by atoms with Crippen molar-refractivity contribution < 1.29 is 4.55 Å². The quantitative estimate of drug-likeness (QED) is 0.444. The average Bonchev–Trinajstić information content (AvgIpc) is 3.12. The van der Waals surface area contributed by atoms with Gasteiger partial charge in [-0.05, 0) is 18.4 Å². The summed E-state index contributed by atoms with van der Waals surface area (Å²) in [6.45, 7) is 1.34. The zero-order valence-electron chi connectivity index (χ0n) is 13.2. The number of aromatic nitrogens is 2. The maximum Gasteiger partial charge on any atom is 0.345 e. The molecular weight excluding hydrogens is 378 g/mol. The lowest BCUT2D eigenvalue weighted by molar-refractivity contribution is 0.325. The van der Waals surface area contributed by atoms with Crippen molar-refractivity contribution in [2.45, 2.75) is 23.4 Å². The van der Waals surface area contributed by atoms with Crippen LogP contribution in [0, 0.1) is 22.7 Å². The molecule has 0 N–H and O–H groups in total. The van der Waals surface area contributed by atoms with Gasteiger partial charge in [0.15, 0.2) is 11.0 Å². The Kier molecular flexibility index (Phi) is 3.89. The van der Waals surface area contributed by atoms with Crippen molar-refractivity contribution in [3.8, 4) is 12.1 Å². The molecule has 1 atom stereocenters. The van der Waals surface area contributed by atoms with Crippen LogP contribution in [0.5, 0.6) is 0 Å². The molecule has 1 aliphatic carbocycles. The number of rotatable bonds is 2. The van der Waals surface area contributed by atoms with Crippen LogP contribution in [0.2, 0.25) is 5.15 Å². The highest BCUT2D eigenvalue weighted by molar-refractivity contribution is 7.90. The lowest BCUT2D eigenvalue weighted by atomic mass is 9.74. The van der Waals surface area contributed by atoms with E-state index in [2.05, 4.69) is 16.0 Å². The molecule has 0 amide bonds. The van der Waals surface area contributed by atoms with E-state index in [1.54, 1.807) is 11.3 Å². The Hall–Kier alpha value is -1.84. The molecule has 0 aromatic carbocycles. The fourth-order valence-corrected chi connectivity index (χ4v) is 5.52. The van der Waals surface area contributed by atoms with Crippen LogP contribution in [0.3, 0.4) is 0 Å². The SMILES string of the molecule is C[S+]([O-])c1nc(Cl)c(C#N)c(N2CC3(CCc4scc(C#N)c43)C2)n1. The average molecular weight is 390 g/mol. The molecule has 4 rings (SSSR count). The van der Waals surface area contributed by atoms with Gasteiger partial charge < -0.3 is 9.45 Å². The molecule has 2 aromatic heterocycles. The van der Waals surface area contributed by atoms with E-state index in [-0.39, 0.29) is 21.3 Å². The van der Waals surface area contributed by atoms with E-state index >= 15 is 0 Å². The minimum atomic E-state index is -1.38. The van der Waals surface area contributed by atoms with Crippen LogP contribution < -0.4 is 4.90 Å². The number of hydrogen-bond donors (Lipinski definition) is 0. The Balaban J connectivity index is 1.70. The molecule has 3 heterocycles. The van der Waals surface area contributed by atoms with Gasteiger partial charge in [0.1, 0.15) is 24.0 Å². The minimum absolute atomic E-state index is 0.0269. The third-order valence-electron chi connectivity index (χ3n) is 4.83. The Morgan fingerprint density at radius 2 is 2.12 bits per heavy atom. The van der Waals surface area contributed by atoms with Crippen LogP contribution in [0.1, 0.15) is 28.0 Å². The lowest BCUT2D eigenvalue weighted by Crippen LogP contribution is -2.59. The smallest absolute Gasteiger partial charge is 0.345 e. The van der Waals surface area contributed by atoms with Crippen molar-refractivity contribution in [2.24, 2.45) is 0 Å². The lowest BCUT2D eigenvalue weighted by Gasteiger charge is -2.49. The van der Waals surface area contributed by atoms with Crippen molar-refractivity contribution in [3.05, 3.63) is 32.1 Å². The first-order valence-corrected chi connectivity index (χ1v) is 10.4. The predicted molar refractivity (Wildman–Crippen MR) is 95.3 cm³/mol. The number of aryl methyl sites for hydroxylation is 1. The molecule has 1 fully saturated rings. The summed E-state index contributed by atoms with van der Waals surface area (Å²) in [5.41, 5.74) is 2.06. The molecule has 0 radical (unpaired) electrons. The van der Waals surface area contributed by atoms with Gasteiger partial charge in [0.2, 0.25) is 0 Å². The van der Waals surface area contributed by atoms with E-state index in [1.807, 2.05) is 16.3 Å². The fourth-order valence-electron chi connectivity index (χ4n) is 3.73. The molecule has 1 saturated heterocycles. The van der Waals surface area contributed by atoms with Gasteiger partial charge in [0, 0.05) is 39.9 Å². The van der Waals surface area contributed by atoms with Gasteiger partial charge in [0.25, 0.3) is 0 Å². The number of hydrogen-bond acceptors (Lipinski definition) is 7. The summed E-state index contributed by atoms with van der Waals surface area (Å²) in [4.78, 5) is 11.5. The summed E-state index contributed by atoms with van der Waals surface area (Å²) in [6.07, 6.45) is 3.45. The number of anilines is 1. The first kappa shape index (κ1) is 16.6. The van der Waals surface area contributed by atoms with E-state index in [9.17, 15) is 15.1 Å². The van der Waals surface area contributed by atoms with Gasteiger partial charge in [-0.3, -0.25) is 0 Å². The molecule has 1 spiro atoms. The third kappa shape index (κ3) is 2.41. The van der Waals surface area contributed by atoms with Crippen molar-refractivity contribution in [1.29, 1.82) is 10.5 Å². The summed E-state index contributed by atoms with van der Waals surface area (Å²) in [6, 6.07) is 4.34. The zero-order chi connectivity index (χ0) is 17.8. The first-order chi connectivity index (χ1) is 12.0. The van der Waals surface area contributed by atoms with Gasteiger partial charge >= 0.3 is 5.16 Å². The molecule has 9 heteroatoms. The highest BCUT2D eigenvalue weighted by Crippen LogP contribution is 2.50. The van der Waals surface area contributed by atoms with Crippen LogP contribution in [0.4, 0.5) is 5.82 Å². The molecule has 2 aliphatic rings. The molecular formula is C16H12ClN5OS2. The topological polar surface area (TPSA) is 99.7 Å². The molecule has 0 bridgehead atoms. The second kappa shape index (κ2) is 5.86. The van der Waals surface area contributed by atoms with Crippen molar-refractivity contribution in [1.82, 2.24) is 9.97 Å². The van der Waals surface area contributed by atoms with Crippen molar-refractivity contribution in [2.75, 3.05) is 24.2 Å². The summed E-state index contributed by atoms with van der Waals surface area (Å²) < 4.78 is 11.7. The van der Waals surface area contributed by atoms with E-state index in [0.717, 1.165) is 24.0 Å². The normalized spacial score (nSPS) is 18.4. The van der Waals surface area contributed by atoms with Crippen LogP contribution in [0.25, 0.3) is 0 Å². The maximum absolute atomic E-state index is 11.7. The van der Waals surface area contributed by atoms with E-state index in [4.69, 9.17) is 11.6 Å². The van der Waals surface area contributed by atoms with E-state index < -0.39 is 11.2 Å². The molecule has 1 aliphatic heterocycles. The summed E-state index contributed by atoms with van der Waals surface area (Å²) >= 11 is 6.35. The second-order valence-corrected chi connectivity index (χ2v) is 8.85. The maximum atomic E-state index is 11.7. The van der Waals surface area contributed by atoms with Gasteiger partial charge in [-0.25, -0.2) is 0 Å². The molecule has 1 unspecified atom stereocenters. The van der Waals surface area contributed by atoms with Crippen LogP contribution >= 0.6 is 22.9 Å². The standard InChI is InChI=1S/C16H12ClN5OS2/c1-25(23)15-20-13(17)10(5-19)14(21-15)22-7-16(8-22)3-2-11-12(16)9(4-18)6-24-11/h6H,2-3,7-8H2,1H3. The van der Waals surface area contributed by atoms with Gasteiger partial charge in [0.05, 0.1) is 5.56 Å². The molecule has 2 aromatic rings. The highest BCUT2D eigenvalue weighted by atomic mass is 35.5. The Bertz CT molecular complexity index is 953. The molecule has 0 saturated carbocycles. The first-order valence-electron chi connectivity index (χ1n) is 7.56. The zero-order valence-corrected chi connectivity index (χ0v) is 15.6. The van der Waals surface area contributed by atoms with Gasteiger partial charge in [-0.1, -0.05) is 11.6 Å². The van der Waals surface area contributed by atoms with Crippen molar-refractivity contribution >= 4 is 39.9 Å². The van der Waals surface area contributed by atoms with Gasteiger partial charge in [-0.2, -0.15) is 20.5 Å². The second-order valence-electron chi connectivity index (χ2n) is 6.26. The number of fused-ring (bicyclic) bond motifs is 2. The molecule has 126 valence electrons.